The molecular weight excluding hydrogens is 349 g/mol. The molecule has 0 radical (unpaired) electrons. The van der Waals surface area contributed by atoms with Gasteiger partial charge in [0.1, 0.15) is 17.7 Å². The van der Waals surface area contributed by atoms with Crippen LogP contribution in [0.4, 0.5) is 4.39 Å². The Morgan fingerprint density at radius 3 is 2.89 bits per heavy atom. The number of rotatable bonds is 5. The highest BCUT2D eigenvalue weighted by atomic mass is 19.1. The van der Waals surface area contributed by atoms with Crippen molar-refractivity contribution < 1.29 is 19.0 Å². The molecule has 140 valence electrons. The fourth-order valence-electron chi connectivity index (χ4n) is 3.30. The van der Waals surface area contributed by atoms with Gasteiger partial charge in [-0.15, -0.1) is 0 Å². The van der Waals surface area contributed by atoms with Crippen molar-refractivity contribution in [3.05, 3.63) is 65.2 Å². The Kier molecular flexibility index (Phi) is 4.53. The van der Waals surface area contributed by atoms with Gasteiger partial charge in [0.25, 0.3) is 5.91 Å². The average Bonchev–Trinajstić information content (AvgIpc) is 3.07. The number of pyridine rings is 1. The van der Waals surface area contributed by atoms with Gasteiger partial charge in [0, 0.05) is 24.4 Å². The maximum absolute atomic E-state index is 13.6. The second-order valence-corrected chi connectivity index (χ2v) is 6.78. The van der Waals surface area contributed by atoms with E-state index in [0.717, 1.165) is 0 Å². The highest BCUT2D eigenvalue weighted by Crippen LogP contribution is 2.29. The number of benzene rings is 1. The van der Waals surface area contributed by atoms with Crippen LogP contribution in [0.5, 0.6) is 5.75 Å². The molecule has 1 aliphatic carbocycles. The van der Waals surface area contributed by atoms with Crippen LogP contribution in [0.15, 0.2) is 42.6 Å². The molecule has 0 bridgehead atoms. The molecule has 2 N–H and O–H groups in total. The first kappa shape index (κ1) is 17.5. The average molecular weight is 369 g/mol. The molecular formula is C20H20FN3O3. The van der Waals surface area contributed by atoms with Crippen molar-refractivity contribution in [1.29, 1.82) is 0 Å². The predicted octanol–water partition coefficient (Wildman–Crippen LogP) is 2.61. The lowest BCUT2D eigenvalue weighted by Gasteiger charge is -2.36. The Hall–Kier alpha value is -2.93. The Morgan fingerprint density at radius 1 is 1.33 bits per heavy atom. The van der Waals surface area contributed by atoms with E-state index >= 15 is 0 Å². The molecule has 2 aromatic heterocycles. The summed E-state index contributed by atoms with van der Waals surface area (Å²) in [6, 6.07) is 10.1. The van der Waals surface area contributed by atoms with Gasteiger partial charge in [-0.2, -0.15) is 5.10 Å². The lowest BCUT2D eigenvalue weighted by Crippen LogP contribution is -2.49. The number of halogens is 1. The standard InChI is InChI=1S/C20H20FN3O3/c1-12-17(21)5-3-7-19(12)27-15-8-13(9-15)23-20(26)16-10-22-24-14(11-25)4-2-6-18(16)24/h2-7,10,13,15,25H,8-9,11H2,1H3,(H,23,26)/t13-,15-. The van der Waals surface area contributed by atoms with E-state index < -0.39 is 0 Å². The fourth-order valence-corrected chi connectivity index (χ4v) is 3.30. The molecule has 2 heterocycles. The van der Waals surface area contributed by atoms with Crippen molar-refractivity contribution in [2.75, 3.05) is 0 Å². The number of nitrogens with zero attached hydrogens (tertiary/aromatic N) is 2. The maximum Gasteiger partial charge on any atom is 0.255 e. The van der Waals surface area contributed by atoms with Crippen LogP contribution in [-0.4, -0.2) is 32.8 Å². The summed E-state index contributed by atoms with van der Waals surface area (Å²) in [7, 11) is 0. The zero-order valence-corrected chi connectivity index (χ0v) is 14.9. The molecule has 1 saturated carbocycles. The van der Waals surface area contributed by atoms with Crippen LogP contribution in [0.3, 0.4) is 0 Å². The van der Waals surface area contributed by atoms with Gasteiger partial charge in [-0.3, -0.25) is 4.79 Å². The van der Waals surface area contributed by atoms with Gasteiger partial charge in [0.2, 0.25) is 0 Å². The van der Waals surface area contributed by atoms with Crippen molar-refractivity contribution in [3.63, 3.8) is 0 Å². The second kappa shape index (κ2) is 7.00. The third kappa shape index (κ3) is 3.26. The monoisotopic (exact) mass is 369 g/mol. The summed E-state index contributed by atoms with van der Waals surface area (Å²) in [4.78, 5) is 12.6. The lowest BCUT2D eigenvalue weighted by atomic mass is 9.89. The molecule has 0 aliphatic heterocycles. The van der Waals surface area contributed by atoms with Crippen LogP contribution >= 0.6 is 0 Å². The van der Waals surface area contributed by atoms with Crippen molar-refractivity contribution in [3.8, 4) is 5.75 Å². The van der Waals surface area contributed by atoms with Crippen molar-refractivity contribution in [2.24, 2.45) is 0 Å². The number of amides is 1. The van der Waals surface area contributed by atoms with Crippen LogP contribution in [0.1, 0.15) is 34.5 Å². The zero-order chi connectivity index (χ0) is 19.0. The summed E-state index contributed by atoms with van der Waals surface area (Å²) in [5.41, 5.74) is 2.24. The molecule has 0 unspecified atom stereocenters. The van der Waals surface area contributed by atoms with Gasteiger partial charge in [-0.05, 0) is 31.2 Å². The van der Waals surface area contributed by atoms with E-state index in [4.69, 9.17) is 4.74 Å². The molecule has 4 rings (SSSR count). The van der Waals surface area contributed by atoms with Crippen molar-refractivity contribution in [2.45, 2.75) is 38.5 Å². The van der Waals surface area contributed by atoms with Crippen molar-refractivity contribution >= 4 is 11.4 Å². The number of hydrogen-bond acceptors (Lipinski definition) is 4. The molecule has 6 nitrogen and oxygen atoms in total. The van der Waals surface area contributed by atoms with Gasteiger partial charge in [-0.25, -0.2) is 8.91 Å². The van der Waals surface area contributed by atoms with E-state index in [-0.39, 0.29) is 30.5 Å². The van der Waals surface area contributed by atoms with E-state index in [1.165, 1.54) is 12.3 Å². The number of nitrogens with one attached hydrogen (secondary N) is 1. The Morgan fingerprint density at radius 2 is 2.11 bits per heavy atom. The third-order valence-corrected chi connectivity index (χ3v) is 4.97. The first-order chi connectivity index (χ1) is 13.1. The SMILES string of the molecule is Cc1c(F)cccc1O[C@H]1C[C@H](NC(=O)c2cnn3c(CO)cccc23)C1. The number of aliphatic hydroxyl groups excluding tert-OH is 1. The summed E-state index contributed by atoms with van der Waals surface area (Å²) < 4.78 is 21.0. The number of hydrogen-bond donors (Lipinski definition) is 2. The molecule has 0 saturated heterocycles. The number of fused-ring (bicyclic) bond motifs is 1. The van der Waals surface area contributed by atoms with Gasteiger partial charge in [-0.1, -0.05) is 12.1 Å². The van der Waals surface area contributed by atoms with Gasteiger partial charge >= 0.3 is 0 Å². The smallest absolute Gasteiger partial charge is 0.255 e. The van der Waals surface area contributed by atoms with Gasteiger partial charge in [0.05, 0.1) is 29.6 Å². The minimum absolute atomic E-state index is 0.00680. The molecule has 3 aromatic rings. The van der Waals surface area contributed by atoms with Crippen LogP contribution in [0.25, 0.3) is 5.52 Å². The number of aromatic nitrogens is 2. The molecule has 1 fully saturated rings. The summed E-state index contributed by atoms with van der Waals surface area (Å²) in [5, 5.41) is 16.5. The minimum atomic E-state index is -0.285. The largest absolute Gasteiger partial charge is 0.490 e. The summed E-state index contributed by atoms with van der Waals surface area (Å²) in [5.74, 6) is 0.0569. The second-order valence-electron chi connectivity index (χ2n) is 6.78. The maximum atomic E-state index is 13.6. The Bertz CT molecular complexity index is 995. The molecule has 7 heteroatoms. The number of carbonyl (C=O) groups excluding carboxylic acids is 1. The zero-order valence-electron chi connectivity index (χ0n) is 14.9. The van der Waals surface area contributed by atoms with Crippen molar-refractivity contribution in [1.82, 2.24) is 14.9 Å². The summed E-state index contributed by atoms with van der Waals surface area (Å²) in [6.07, 6.45) is 2.80. The van der Waals surface area contributed by atoms with Crippen LogP contribution in [-0.2, 0) is 6.61 Å². The summed E-state index contributed by atoms with van der Waals surface area (Å²) in [6.45, 7) is 1.54. The quantitative estimate of drug-likeness (QED) is 0.725. The predicted molar refractivity (Wildman–Crippen MR) is 97.2 cm³/mol. The lowest BCUT2D eigenvalue weighted by molar-refractivity contribution is 0.0697. The first-order valence-electron chi connectivity index (χ1n) is 8.86. The molecule has 1 amide bonds. The first-order valence-corrected chi connectivity index (χ1v) is 8.86. The Balaban J connectivity index is 1.38. The van der Waals surface area contributed by atoms with E-state index in [1.807, 2.05) is 0 Å². The van der Waals surface area contributed by atoms with E-state index in [2.05, 4.69) is 10.4 Å². The van der Waals surface area contributed by atoms with E-state index in [1.54, 1.807) is 41.8 Å². The van der Waals surface area contributed by atoms with Crippen LogP contribution in [0, 0.1) is 12.7 Å². The molecule has 27 heavy (non-hydrogen) atoms. The van der Waals surface area contributed by atoms with Crippen LogP contribution in [0.2, 0.25) is 0 Å². The summed E-state index contributed by atoms with van der Waals surface area (Å²) >= 11 is 0. The highest BCUT2D eigenvalue weighted by molar-refractivity contribution is 6.00. The van der Waals surface area contributed by atoms with E-state index in [9.17, 15) is 14.3 Å². The van der Waals surface area contributed by atoms with Gasteiger partial charge in [0.15, 0.2) is 0 Å². The molecule has 1 aromatic carbocycles. The normalized spacial score (nSPS) is 18.9. The van der Waals surface area contributed by atoms with Crippen LogP contribution < -0.4 is 10.1 Å². The van der Waals surface area contributed by atoms with E-state index in [0.29, 0.717) is 40.9 Å². The number of carbonyl (C=O) groups is 1. The fraction of sp³-hybridized carbons (Fsp3) is 0.300. The topological polar surface area (TPSA) is 75.9 Å². The molecule has 1 aliphatic rings. The number of ether oxygens (including phenoxy) is 1. The van der Waals surface area contributed by atoms with Gasteiger partial charge < -0.3 is 15.2 Å². The Labute approximate surface area is 155 Å². The highest BCUT2D eigenvalue weighted by Gasteiger charge is 2.33. The third-order valence-electron chi connectivity index (χ3n) is 4.97. The molecule has 0 atom stereocenters. The number of aliphatic hydroxyl groups is 1. The molecule has 0 spiro atoms. The minimum Gasteiger partial charge on any atom is -0.490 e.